The van der Waals surface area contributed by atoms with Gasteiger partial charge in [-0.1, -0.05) is 6.07 Å². The number of hydrogen-bond acceptors (Lipinski definition) is 3. The van der Waals surface area contributed by atoms with Gasteiger partial charge in [-0.25, -0.2) is 12.8 Å². The third-order valence-corrected chi connectivity index (χ3v) is 5.04. The lowest BCUT2D eigenvalue weighted by Gasteiger charge is -2.18. The predicted octanol–water partition coefficient (Wildman–Crippen LogP) is 1.96. The van der Waals surface area contributed by atoms with Crippen molar-refractivity contribution in [2.75, 3.05) is 11.4 Å². The van der Waals surface area contributed by atoms with Crippen molar-refractivity contribution in [3.05, 3.63) is 48.0 Å². The number of sulfonamides is 1. The molecule has 114 valence electrons. The maximum absolute atomic E-state index is 13.2. The first-order valence-corrected chi connectivity index (χ1v) is 7.88. The molecule has 0 atom stereocenters. The molecule has 7 heteroatoms. The van der Waals surface area contributed by atoms with Crippen molar-refractivity contribution < 1.29 is 17.9 Å². The van der Waals surface area contributed by atoms with Crippen molar-refractivity contribution in [2.24, 2.45) is 0 Å². The minimum Gasteiger partial charge on any atom is -0.390 e. The number of rotatable bonds is 5. The van der Waals surface area contributed by atoms with Gasteiger partial charge in [-0.3, -0.25) is 4.31 Å². The van der Waals surface area contributed by atoms with Crippen LogP contribution in [0.1, 0.15) is 12.6 Å². The van der Waals surface area contributed by atoms with Gasteiger partial charge in [0.2, 0.25) is 0 Å². The van der Waals surface area contributed by atoms with E-state index >= 15 is 0 Å². The fourth-order valence-electron chi connectivity index (χ4n) is 2.06. The molecule has 2 aromatic rings. The normalized spacial score (nSPS) is 11.6. The molecule has 2 rings (SSSR count). The highest BCUT2D eigenvalue weighted by Gasteiger charge is 2.24. The Kier molecular flexibility index (Phi) is 4.34. The Labute approximate surface area is 123 Å². The van der Waals surface area contributed by atoms with Crippen LogP contribution in [0.2, 0.25) is 0 Å². The van der Waals surface area contributed by atoms with Gasteiger partial charge in [0.1, 0.15) is 10.7 Å². The summed E-state index contributed by atoms with van der Waals surface area (Å²) in [5.74, 6) is -0.503. The van der Waals surface area contributed by atoms with Crippen molar-refractivity contribution in [3.8, 4) is 0 Å². The van der Waals surface area contributed by atoms with Gasteiger partial charge in [0, 0.05) is 25.5 Å². The summed E-state index contributed by atoms with van der Waals surface area (Å²) in [4.78, 5) is 0.0696. The zero-order valence-corrected chi connectivity index (χ0v) is 12.6. The van der Waals surface area contributed by atoms with E-state index in [0.29, 0.717) is 12.2 Å². The summed E-state index contributed by atoms with van der Waals surface area (Å²) in [5.41, 5.74) is 0.758. The van der Waals surface area contributed by atoms with Crippen LogP contribution >= 0.6 is 0 Å². The van der Waals surface area contributed by atoms with Crippen molar-refractivity contribution in [1.82, 2.24) is 4.57 Å². The molecule has 21 heavy (non-hydrogen) atoms. The van der Waals surface area contributed by atoms with Crippen LogP contribution < -0.4 is 4.31 Å². The highest BCUT2D eigenvalue weighted by atomic mass is 32.2. The number of nitrogens with zero attached hydrogens (tertiary/aromatic N) is 2. The number of halogens is 1. The molecule has 0 spiro atoms. The molecule has 1 aromatic heterocycles. The van der Waals surface area contributed by atoms with Crippen LogP contribution in [0, 0.1) is 5.82 Å². The van der Waals surface area contributed by atoms with E-state index in [1.54, 1.807) is 4.57 Å². The molecule has 0 bridgehead atoms. The van der Waals surface area contributed by atoms with Gasteiger partial charge in [0.25, 0.3) is 10.0 Å². The van der Waals surface area contributed by atoms with Crippen molar-refractivity contribution in [3.63, 3.8) is 0 Å². The summed E-state index contributed by atoms with van der Waals surface area (Å²) in [6.07, 6.45) is 1.47. The molecular formula is C14H17FN2O3S. The quantitative estimate of drug-likeness (QED) is 0.918. The molecule has 1 aromatic carbocycles. The molecule has 1 N–H and O–H groups in total. The van der Waals surface area contributed by atoms with Crippen LogP contribution in [0.3, 0.4) is 0 Å². The molecule has 0 saturated heterocycles. The van der Waals surface area contributed by atoms with E-state index in [1.165, 1.54) is 37.5 Å². The third kappa shape index (κ3) is 2.93. The van der Waals surface area contributed by atoms with E-state index in [2.05, 4.69) is 0 Å². The van der Waals surface area contributed by atoms with E-state index in [9.17, 15) is 17.9 Å². The second kappa shape index (κ2) is 5.87. The summed E-state index contributed by atoms with van der Waals surface area (Å²) in [6, 6.07) is 6.80. The van der Waals surface area contributed by atoms with Crippen molar-refractivity contribution in [2.45, 2.75) is 25.0 Å². The second-order valence-electron chi connectivity index (χ2n) is 4.56. The number of aryl methyl sites for hydroxylation is 1. The maximum atomic E-state index is 13.2. The average molecular weight is 312 g/mol. The molecule has 0 aliphatic heterocycles. The van der Waals surface area contributed by atoms with Crippen LogP contribution in [-0.4, -0.2) is 25.1 Å². The average Bonchev–Trinajstić information content (AvgIpc) is 2.90. The van der Waals surface area contributed by atoms with Crippen LogP contribution in [0.5, 0.6) is 0 Å². The molecule has 0 saturated carbocycles. The molecule has 0 fully saturated rings. The van der Waals surface area contributed by atoms with Gasteiger partial charge in [0.15, 0.2) is 0 Å². The topological polar surface area (TPSA) is 62.5 Å². The van der Waals surface area contributed by atoms with E-state index in [1.807, 2.05) is 6.92 Å². The van der Waals surface area contributed by atoms with Crippen LogP contribution in [-0.2, 0) is 23.2 Å². The van der Waals surface area contributed by atoms with Gasteiger partial charge in [-0.05, 0) is 31.2 Å². The first-order valence-electron chi connectivity index (χ1n) is 6.44. The van der Waals surface area contributed by atoms with Gasteiger partial charge < -0.3 is 9.67 Å². The van der Waals surface area contributed by atoms with Crippen LogP contribution in [0.25, 0.3) is 0 Å². The van der Waals surface area contributed by atoms with E-state index in [-0.39, 0.29) is 17.2 Å². The first kappa shape index (κ1) is 15.5. The largest absolute Gasteiger partial charge is 0.390 e. The maximum Gasteiger partial charge on any atom is 0.265 e. The van der Waals surface area contributed by atoms with Crippen LogP contribution in [0.4, 0.5) is 10.1 Å². The lowest BCUT2D eigenvalue weighted by molar-refractivity contribution is 0.271. The van der Waals surface area contributed by atoms with Crippen LogP contribution in [0.15, 0.2) is 41.4 Å². The Balaban J connectivity index is 2.44. The van der Waals surface area contributed by atoms with E-state index in [0.717, 1.165) is 10.4 Å². The van der Waals surface area contributed by atoms with Gasteiger partial charge >= 0.3 is 0 Å². The minimum atomic E-state index is -3.80. The summed E-state index contributed by atoms with van der Waals surface area (Å²) in [6.45, 7) is 2.16. The summed E-state index contributed by atoms with van der Waals surface area (Å²) in [5, 5.41) is 9.24. The highest BCUT2D eigenvalue weighted by molar-refractivity contribution is 7.92. The molecule has 0 radical (unpaired) electrons. The number of aliphatic hydroxyl groups excluding tert-OH is 1. The Hall–Kier alpha value is -1.86. The summed E-state index contributed by atoms with van der Waals surface area (Å²) in [7, 11) is -2.43. The molecule has 5 nitrogen and oxygen atoms in total. The minimum absolute atomic E-state index is 0.0696. The molecular weight excluding hydrogens is 295 g/mol. The smallest absolute Gasteiger partial charge is 0.265 e. The second-order valence-corrected chi connectivity index (χ2v) is 6.53. The van der Waals surface area contributed by atoms with E-state index < -0.39 is 15.8 Å². The number of aliphatic hydroxyl groups is 1. The predicted molar refractivity (Wildman–Crippen MR) is 78.0 cm³/mol. The number of hydrogen-bond donors (Lipinski definition) is 1. The Morgan fingerprint density at radius 1 is 1.33 bits per heavy atom. The number of anilines is 1. The highest BCUT2D eigenvalue weighted by Crippen LogP contribution is 2.24. The lowest BCUT2D eigenvalue weighted by atomic mass is 10.3. The molecule has 1 heterocycles. The number of benzene rings is 1. The zero-order chi connectivity index (χ0) is 15.6. The van der Waals surface area contributed by atoms with Gasteiger partial charge in [0.05, 0.1) is 12.3 Å². The first-order chi connectivity index (χ1) is 9.90. The molecule has 0 aliphatic rings. The van der Waals surface area contributed by atoms with Crippen molar-refractivity contribution in [1.29, 1.82) is 0 Å². The standard InChI is InChI=1S/C14H17FN2O3S/c1-3-17-9-14(8-13(17)10-18)21(19,20)16(2)12-6-4-5-11(15)7-12/h4-9,18H,3,10H2,1-2H3. The zero-order valence-electron chi connectivity index (χ0n) is 11.8. The molecule has 0 aliphatic carbocycles. The fraction of sp³-hybridized carbons (Fsp3) is 0.286. The molecule has 0 amide bonds. The Bertz CT molecular complexity index is 719. The molecule has 0 unspecified atom stereocenters. The van der Waals surface area contributed by atoms with Crippen molar-refractivity contribution >= 4 is 15.7 Å². The Morgan fingerprint density at radius 3 is 2.57 bits per heavy atom. The summed E-state index contributed by atoms with van der Waals surface area (Å²) >= 11 is 0. The Morgan fingerprint density at radius 2 is 2.05 bits per heavy atom. The SMILES string of the molecule is CCn1cc(S(=O)(=O)N(C)c2cccc(F)c2)cc1CO. The summed E-state index contributed by atoms with van der Waals surface area (Å²) < 4.78 is 41.0. The fourth-order valence-corrected chi connectivity index (χ4v) is 3.31. The monoisotopic (exact) mass is 312 g/mol. The third-order valence-electron chi connectivity index (χ3n) is 3.29. The van der Waals surface area contributed by atoms with Gasteiger partial charge in [-0.15, -0.1) is 0 Å². The van der Waals surface area contributed by atoms with E-state index in [4.69, 9.17) is 0 Å². The number of aromatic nitrogens is 1. The lowest BCUT2D eigenvalue weighted by Crippen LogP contribution is -2.26. The van der Waals surface area contributed by atoms with Gasteiger partial charge in [-0.2, -0.15) is 0 Å².